The van der Waals surface area contributed by atoms with Crippen LogP contribution >= 0.6 is 11.3 Å². The largest absolute Gasteiger partial charge is 0.435 e. The Kier molecular flexibility index (Phi) is 4.64. The SMILES string of the molecule is O=C(NO)c1ccc(Nc2nccc(-c3c(C(F)(F)F)nc4ccccn34)n2)s1. The summed E-state index contributed by atoms with van der Waals surface area (Å²) in [5.74, 6) is -0.641. The third-order valence-corrected chi connectivity index (χ3v) is 4.86. The van der Waals surface area contributed by atoms with E-state index >= 15 is 0 Å². The zero-order valence-corrected chi connectivity index (χ0v) is 15.1. The van der Waals surface area contributed by atoms with Crippen molar-refractivity contribution < 1.29 is 23.2 Å². The molecule has 0 saturated heterocycles. The number of hydroxylamine groups is 1. The van der Waals surface area contributed by atoms with Crippen LogP contribution in [0.2, 0.25) is 0 Å². The van der Waals surface area contributed by atoms with E-state index in [0.29, 0.717) is 5.00 Å². The second-order valence-corrected chi connectivity index (χ2v) is 6.81. The molecule has 0 aliphatic carbocycles. The van der Waals surface area contributed by atoms with Crippen molar-refractivity contribution in [3.63, 3.8) is 0 Å². The molecular formula is C17H11F3N6O2S. The topological polar surface area (TPSA) is 104 Å². The number of thiophene rings is 1. The number of imidazole rings is 1. The van der Waals surface area contributed by atoms with Crippen LogP contribution in [0.3, 0.4) is 0 Å². The Morgan fingerprint density at radius 3 is 2.72 bits per heavy atom. The Balaban J connectivity index is 1.75. The van der Waals surface area contributed by atoms with Crippen LogP contribution in [0.4, 0.5) is 24.1 Å². The normalized spacial score (nSPS) is 11.6. The first-order chi connectivity index (χ1) is 13.9. The zero-order chi connectivity index (χ0) is 20.6. The Hall–Kier alpha value is -3.51. The van der Waals surface area contributed by atoms with Gasteiger partial charge in [-0.3, -0.25) is 14.4 Å². The van der Waals surface area contributed by atoms with Crippen LogP contribution in [-0.2, 0) is 6.18 Å². The number of carbonyl (C=O) groups excluding carboxylic acids is 1. The minimum atomic E-state index is -4.67. The van der Waals surface area contributed by atoms with Crippen molar-refractivity contribution in [3.8, 4) is 11.4 Å². The number of pyridine rings is 1. The van der Waals surface area contributed by atoms with Gasteiger partial charge in [0.2, 0.25) is 5.95 Å². The highest BCUT2D eigenvalue weighted by atomic mass is 32.1. The summed E-state index contributed by atoms with van der Waals surface area (Å²) >= 11 is 1.01. The van der Waals surface area contributed by atoms with Crippen molar-refractivity contribution in [2.45, 2.75) is 6.18 Å². The van der Waals surface area contributed by atoms with Crippen molar-refractivity contribution in [3.05, 3.63) is 59.4 Å². The maximum Gasteiger partial charge on any atom is 0.435 e. The van der Waals surface area contributed by atoms with E-state index in [1.54, 1.807) is 18.2 Å². The number of anilines is 2. The first-order valence-electron chi connectivity index (χ1n) is 8.06. The molecule has 0 aromatic carbocycles. The van der Waals surface area contributed by atoms with Crippen molar-refractivity contribution in [2.75, 3.05) is 5.32 Å². The summed E-state index contributed by atoms with van der Waals surface area (Å²) in [6, 6.07) is 9.04. The minimum Gasteiger partial charge on any atom is -0.316 e. The molecule has 0 spiro atoms. The van der Waals surface area contributed by atoms with Crippen LogP contribution in [0.1, 0.15) is 15.4 Å². The lowest BCUT2D eigenvalue weighted by molar-refractivity contribution is -0.140. The third kappa shape index (κ3) is 3.62. The average Bonchev–Trinajstić information content (AvgIpc) is 3.32. The van der Waals surface area contributed by atoms with E-state index in [1.807, 2.05) is 0 Å². The van der Waals surface area contributed by atoms with Crippen LogP contribution in [0.15, 0.2) is 48.8 Å². The monoisotopic (exact) mass is 420 g/mol. The van der Waals surface area contributed by atoms with E-state index in [-0.39, 0.29) is 27.9 Å². The van der Waals surface area contributed by atoms with Crippen LogP contribution in [0.5, 0.6) is 0 Å². The lowest BCUT2D eigenvalue weighted by Gasteiger charge is -2.09. The average molecular weight is 420 g/mol. The summed E-state index contributed by atoms with van der Waals surface area (Å²) in [7, 11) is 0. The van der Waals surface area contributed by atoms with E-state index < -0.39 is 17.8 Å². The van der Waals surface area contributed by atoms with E-state index in [4.69, 9.17) is 5.21 Å². The van der Waals surface area contributed by atoms with Gasteiger partial charge in [-0.15, -0.1) is 11.3 Å². The number of fused-ring (bicyclic) bond motifs is 1. The molecule has 12 heteroatoms. The standard InChI is InChI=1S/C17H11F3N6O2S/c18-17(19,20)14-13(26-8-2-1-3-11(26)23-14)9-6-7-21-16(22-9)24-12-5-4-10(29-12)15(27)25-28/h1-8,28H,(H,25,27)(H,21,22,24). The number of halogens is 3. The van der Waals surface area contributed by atoms with Crippen LogP contribution in [0.25, 0.3) is 17.0 Å². The number of aromatic nitrogens is 4. The summed E-state index contributed by atoms with van der Waals surface area (Å²) in [5, 5.41) is 12.0. The Bertz CT molecular complexity index is 1200. The lowest BCUT2D eigenvalue weighted by Crippen LogP contribution is -2.16. The summed E-state index contributed by atoms with van der Waals surface area (Å²) in [6.45, 7) is 0. The minimum absolute atomic E-state index is 0.0263. The number of carbonyl (C=O) groups is 1. The highest BCUT2D eigenvalue weighted by molar-refractivity contribution is 7.18. The highest BCUT2D eigenvalue weighted by Gasteiger charge is 2.38. The fourth-order valence-corrected chi connectivity index (χ4v) is 3.47. The Morgan fingerprint density at radius 1 is 1.14 bits per heavy atom. The number of hydrogen-bond acceptors (Lipinski definition) is 7. The maximum atomic E-state index is 13.5. The first-order valence-corrected chi connectivity index (χ1v) is 8.87. The molecule has 0 saturated carbocycles. The van der Waals surface area contributed by atoms with E-state index in [1.165, 1.54) is 40.5 Å². The molecule has 0 aliphatic heterocycles. The number of nitrogens with zero attached hydrogens (tertiary/aromatic N) is 4. The number of alkyl halides is 3. The van der Waals surface area contributed by atoms with Crippen molar-refractivity contribution in [1.82, 2.24) is 24.8 Å². The molecule has 8 nitrogen and oxygen atoms in total. The fraction of sp³-hybridized carbons (Fsp3) is 0.0588. The summed E-state index contributed by atoms with van der Waals surface area (Å²) < 4.78 is 41.9. The van der Waals surface area contributed by atoms with Gasteiger partial charge in [0, 0.05) is 12.4 Å². The van der Waals surface area contributed by atoms with Gasteiger partial charge in [0.05, 0.1) is 15.6 Å². The molecule has 0 fully saturated rings. The second-order valence-electron chi connectivity index (χ2n) is 5.73. The molecule has 4 aromatic rings. The smallest absolute Gasteiger partial charge is 0.316 e. The molecule has 0 aliphatic rings. The van der Waals surface area contributed by atoms with Crippen molar-refractivity contribution >= 4 is 33.8 Å². The van der Waals surface area contributed by atoms with Gasteiger partial charge in [0.1, 0.15) is 11.3 Å². The van der Waals surface area contributed by atoms with Crippen LogP contribution in [0, 0.1) is 0 Å². The fourth-order valence-electron chi connectivity index (χ4n) is 2.68. The van der Waals surface area contributed by atoms with Gasteiger partial charge in [0.15, 0.2) is 5.69 Å². The zero-order valence-electron chi connectivity index (χ0n) is 14.3. The van der Waals surface area contributed by atoms with Gasteiger partial charge in [-0.05, 0) is 30.3 Å². The summed E-state index contributed by atoms with van der Waals surface area (Å²) in [4.78, 5) is 23.5. The number of nitrogens with one attached hydrogen (secondary N) is 2. The summed E-state index contributed by atoms with van der Waals surface area (Å²) in [5.41, 5.74) is 0.432. The number of amides is 1. The van der Waals surface area contributed by atoms with Gasteiger partial charge in [-0.2, -0.15) is 13.2 Å². The molecular weight excluding hydrogens is 409 g/mol. The number of hydrogen-bond donors (Lipinski definition) is 3. The molecule has 0 unspecified atom stereocenters. The van der Waals surface area contributed by atoms with Gasteiger partial charge >= 0.3 is 6.18 Å². The van der Waals surface area contributed by atoms with Gasteiger partial charge in [0.25, 0.3) is 5.91 Å². The molecule has 4 aromatic heterocycles. The van der Waals surface area contributed by atoms with Gasteiger partial charge in [-0.25, -0.2) is 20.4 Å². The van der Waals surface area contributed by atoms with Gasteiger partial charge in [-0.1, -0.05) is 6.07 Å². The van der Waals surface area contributed by atoms with Crippen molar-refractivity contribution in [1.29, 1.82) is 0 Å². The van der Waals surface area contributed by atoms with E-state index in [0.717, 1.165) is 11.3 Å². The molecule has 0 atom stereocenters. The molecule has 29 heavy (non-hydrogen) atoms. The number of rotatable bonds is 4. The predicted octanol–water partition coefficient (Wildman–Crippen LogP) is 3.73. The highest BCUT2D eigenvalue weighted by Crippen LogP contribution is 2.36. The molecule has 4 rings (SSSR count). The second kappa shape index (κ2) is 7.14. The van der Waals surface area contributed by atoms with Crippen LogP contribution < -0.4 is 10.8 Å². The van der Waals surface area contributed by atoms with E-state index in [2.05, 4.69) is 20.3 Å². The van der Waals surface area contributed by atoms with Gasteiger partial charge < -0.3 is 5.32 Å². The quantitative estimate of drug-likeness (QED) is 0.343. The molecule has 148 valence electrons. The van der Waals surface area contributed by atoms with E-state index in [9.17, 15) is 18.0 Å². The molecule has 0 radical (unpaired) electrons. The van der Waals surface area contributed by atoms with Crippen LogP contribution in [-0.4, -0.2) is 30.5 Å². The molecule has 4 heterocycles. The molecule has 3 N–H and O–H groups in total. The maximum absolute atomic E-state index is 13.5. The predicted molar refractivity (Wildman–Crippen MR) is 98.1 cm³/mol. The summed E-state index contributed by atoms with van der Waals surface area (Å²) in [6.07, 6.45) is -1.87. The van der Waals surface area contributed by atoms with Crippen molar-refractivity contribution in [2.24, 2.45) is 0 Å². The first kappa shape index (κ1) is 18.8. The molecule has 0 bridgehead atoms. The third-order valence-electron chi connectivity index (χ3n) is 3.86. The molecule has 1 amide bonds. The Morgan fingerprint density at radius 2 is 1.97 bits per heavy atom. The lowest BCUT2D eigenvalue weighted by atomic mass is 10.2. The Labute approximate surface area is 164 Å².